The van der Waals surface area contributed by atoms with E-state index in [9.17, 15) is 18.4 Å². The zero-order chi connectivity index (χ0) is 14.4. The molecule has 0 saturated heterocycles. The summed E-state index contributed by atoms with van der Waals surface area (Å²) in [5.74, 6) is -3.62. The van der Waals surface area contributed by atoms with Gasteiger partial charge in [0.05, 0.1) is 19.3 Å². The van der Waals surface area contributed by atoms with Gasteiger partial charge in [0.25, 0.3) is 0 Å². The SMILES string of the molecule is COC(=O)CCCOC(=O)c1cc(F)c(F)cc1N. The molecule has 0 unspecified atom stereocenters. The second-order valence-corrected chi connectivity index (χ2v) is 3.67. The zero-order valence-electron chi connectivity index (χ0n) is 10.2. The Kier molecular flexibility index (Phi) is 5.23. The first-order valence-corrected chi connectivity index (χ1v) is 5.44. The summed E-state index contributed by atoms with van der Waals surface area (Å²) in [6, 6.07) is 1.38. The minimum absolute atomic E-state index is 0.0492. The number of rotatable bonds is 5. The predicted molar refractivity (Wildman–Crippen MR) is 62.3 cm³/mol. The summed E-state index contributed by atoms with van der Waals surface area (Å²) in [5, 5.41) is 0. The van der Waals surface area contributed by atoms with E-state index in [1.54, 1.807) is 0 Å². The molecule has 0 bridgehead atoms. The Morgan fingerprint density at radius 3 is 2.53 bits per heavy atom. The lowest BCUT2D eigenvalue weighted by atomic mass is 10.1. The molecule has 19 heavy (non-hydrogen) atoms. The van der Waals surface area contributed by atoms with Crippen molar-refractivity contribution in [2.75, 3.05) is 19.5 Å². The Balaban J connectivity index is 2.55. The van der Waals surface area contributed by atoms with Crippen LogP contribution in [0.2, 0.25) is 0 Å². The van der Waals surface area contributed by atoms with Gasteiger partial charge in [-0.25, -0.2) is 13.6 Å². The van der Waals surface area contributed by atoms with Crippen LogP contribution in [0.3, 0.4) is 0 Å². The van der Waals surface area contributed by atoms with Crippen LogP contribution in [0.4, 0.5) is 14.5 Å². The number of carbonyl (C=O) groups excluding carboxylic acids is 2. The lowest BCUT2D eigenvalue weighted by Gasteiger charge is -2.07. The molecule has 0 aliphatic carbocycles. The smallest absolute Gasteiger partial charge is 0.340 e. The summed E-state index contributed by atoms with van der Waals surface area (Å²) in [4.78, 5) is 22.3. The fourth-order valence-electron chi connectivity index (χ4n) is 1.30. The molecule has 1 rings (SSSR count). The molecule has 0 amide bonds. The van der Waals surface area contributed by atoms with Gasteiger partial charge in [0, 0.05) is 18.2 Å². The van der Waals surface area contributed by atoms with Gasteiger partial charge in [-0.3, -0.25) is 4.79 Å². The topological polar surface area (TPSA) is 78.6 Å². The fraction of sp³-hybridized carbons (Fsp3) is 0.333. The standard InChI is InChI=1S/C12H13F2NO4/c1-18-11(16)3-2-4-19-12(17)7-5-8(13)9(14)6-10(7)15/h5-6H,2-4,15H2,1H3. The van der Waals surface area contributed by atoms with Crippen LogP contribution >= 0.6 is 0 Å². The average Bonchev–Trinajstić information content (AvgIpc) is 2.38. The lowest BCUT2D eigenvalue weighted by Crippen LogP contribution is -2.11. The number of esters is 2. The number of nitrogen functional groups attached to an aromatic ring is 1. The lowest BCUT2D eigenvalue weighted by molar-refractivity contribution is -0.140. The van der Waals surface area contributed by atoms with Crippen LogP contribution in [0, 0.1) is 11.6 Å². The highest BCUT2D eigenvalue weighted by atomic mass is 19.2. The Morgan fingerprint density at radius 1 is 1.26 bits per heavy atom. The third kappa shape index (κ3) is 4.20. The summed E-state index contributed by atoms with van der Waals surface area (Å²) >= 11 is 0. The third-order valence-electron chi connectivity index (χ3n) is 2.30. The van der Waals surface area contributed by atoms with E-state index >= 15 is 0 Å². The minimum atomic E-state index is -1.18. The maximum absolute atomic E-state index is 13.0. The van der Waals surface area contributed by atoms with Crippen LogP contribution < -0.4 is 5.73 Å². The summed E-state index contributed by atoms with van der Waals surface area (Å²) < 4.78 is 34.9. The number of hydrogen-bond acceptors (Lipinski definition) is 5. The van der Waals surface area contributed by atoms with E-state index in [0.717, 1.165) is 0 Å². The fourth-order valence-corrected chi connectivity index (χ4v) is 1.30. The molecule has 0 aliphatic rings. The average molecular weight is 273 g/mol. The highest BCUT2D eigenvalue weighted by Gasteiger charge is 2.15. The van der Waals surface area contributed by atoms with Crippen LogP contribution in [0.25, 0.3) is 0 Å². The summed E-state index contributed by atoms with van der Waals surface area (Å²) in [6.45, 7) is -0.0492. The first-order chi connectivity index (χ1) is 8.95. The number of methoxy groups -OCH3 is 1. The van der Waals surface area contributed by atoms with Gasteiger partial charge in [0.2, 0.25) is 0 Å². The number of ether oxygens (including phenoxy) is 2. The van der Waals surface area contributed by atoms with Gasteiger partial charge in [-0.15, -0.1) is 0 Å². The molecule has 0 fully saturated rings. The number of halogens is 2. The van der Waals surface area contributed by atoms with Gasteiger partial charge >= 0.3 is 11.9 Å². The molecule has 7 heteroatoms. The largest absolute Gasteiger partial charge is 0.469 e. The van der Waals surface area contributed by atoms with Crippen LogP contribution in [0.15, 0.2) is 12.1 Å². The second kappa shape index (κ2) is 6.67. The molecule has 0 aliphatic heterocycles. The second-order valence-electron chi connectivity index (χ2n) is 3.67. The molecular weight excluding hydrogens is 260 g/mol. The zero-order valence-corrected chi connectivity index (χ0v) is 10.2. The molecule has 2 N–H and O–H groups in total. The summed E-state index contributed by atoms with van der Waals surface area (Å²) in [6.07, 6.45) is 0.360. The van der Waals surface area contributed by atoms with Gasteiger partial charge < -0.3 is 15.2 Å². The van der Waals surface area contributed by atoms with Crippen molar-refractivity contribution in [1.29, 1.82) is 0 Å². The third-order valence-corrected chi connectivity index (χ3v) is 2.30. The molecule has 1 aromatic carbocycles. The van der Waals surface area contributed by atoms with E-state index in [0.29, 0.717) is 12.1 Å². The first-order valence-electron chi connectivity index (χ1n) is 5.44. The Bertz CT molecular complexity index is 491. The summed E-state index contributed by atoms with van der Waals surface area (Å²) in [7, 11) is 1.25. The van der Waals surface area contributed by atoms with E-state index in [1.807, 2.05) is 0 Å². The number of benzene rings is 1. The van der Waals surface area contributed by atoms with Crippen molar-refractivity contribution in [2.24, 2.45) is 0 Å². The van der Waals surface area contributed by atoms with E-state index in [1.165, 1.54) is 7.11 Å². The van der Waals surface area contributed by atoms with Crippen LogP contribution in [-0.4, -0.2) is 25.7 Å². The molecule has 0 radical (unpaired) electrons. The first kappa shape index (κ1) is 14.9. The van der Waals surface area contributed by atoms with Crippen LogP contribution in [0.1, 0.15) is 23.2 Å². The van der Waals surface area contributed by atoms with Crippen molar-refractivity contribution in [3.05, 3.63) is 29.3 Å². The van der Waals surface area contributed by atoms with Gasteiger partial charge in [-0.2, -0.15) is 0 Å². The van der Waals surface area contributed by atoms with Crippen molar-refractivity contribution < 1.29 is 27.8 Å². The number of carbonyl (C=O) groups is 2. The van der Waals surface area contributed by atoms with E-state index < -0.39 is 23.6 Å². The number of nitrogens with two attached hydrogens (primary N) is 1. The van der Waals surface area contributed by atoms with Crippen LogP contribution in [0.5, 0.6) is 0 Å². The van der Waals surface area contributed by atoms with Crippen molar-refractivity contribution in [3.8, 4) is 0 Å². The Morgan fingerprint density at radius 2 is 1.89 bits per heavy atom. The van der Waals surface area contributed by atoms with Crippen LogP contribution in [-0.2, 0) is 14.3 Å². The predicted octanol–water partition coefficient (Wildman–Crippen LogP) is 1.66. The van der Waals surface area contributed by atoms with Crippen molar-refractivity contribution in [2.45, 2.75) is 12.8 Å². The monoisotopic (exact) mass is 273 g/mol. The Hall–Kier alpha value is -2.18. The molecule has 104 valence electrons. The molecule has 0 aromatic heterocycles. The van der Waals surface area contributed by atoms with Gasteiger partial charge in [-0.1, -0.05) is 0 Å². The maximum Gasteiger partial charge on any atom is 0.340 e. The minimum Gasteiger partial charge on any atom is -0.469 e. The molecule has 5 nitrogen and oxygen atoms in total. The molecular formula is C12H13F2NO4. The van der Waals surface area contributed by atoms with Gasteiger partial charge in [-0.05, 0) is 12.5 Å². The molecule has 0 heterocycles. The highest BCUT2D eigenvalue weighted by Crippen LogP contribution is 2.18. The quantitative estimate of drug-likeness (QED) is 0.501. The number of hydrogen-bond donors (Lipinski definition) is 1. The molecule has 1 aromatic rings. The van der Waals surface area contributed by atoms with Crippen molar-refractivity contribution in [1.82, 2.24) is 0 Å². The maximum atomic E-state index is 13.0. The highest BCUT2D eigenvalue weighted by molar-refractivity contribution is 5.95. The molecule has 0 spiro atoms. The van der Waals surface area contributed by atoms with E-state index in [4.69, 9.17) is 10.5 Å². The summed E-state index contributed by atoms with van der Waals surface area (Å²) in [5.41, 5.74) is 4.92. The van der Waals surface area contributed by atoms with Gasteiger partial charge in [0.1, 0.15) is 0 Å². The van der Waals surface area contributed by atoms with E-state index in [2.05, 4.69) is 4.74 Å². The number of anilines is 1. The van der Waals surface area contributed by atoms with Gasteiger partial charge in [0.15, 0.2) is 11.6 Å². The van der Waals surface area contributed by atoms with Crippen molar-refractivity contribution >= 4 is 17.6 Å². The normalized spacial score (nSPS) is 10.1. The molecule has 0 atom stereocenters. The Labute approximate surface area is 108 Å². The van der Waals surface area contributed by atoms with E-state index in [-0.39, 0.29) is 30.7 Å². The molecule has 0 saturated carbocycles. The van der Waals surface area contributed by atoms with Crippen molar-refractivity contribution in [3.63, 3.8) is 0 Å².